The van der Waals surface area contributed by atoms with Gasteiger partial charge in [-0.25, -0.2) is 0 Å². The lowest BCUT2D eigenvalue weighted by molar-refractivity contribution is 0.173. The fraction of sp³-hybridized carbons (Fsp3) is 0.778. The number of aromatic nitrogens is 2. The van der Waals surface area contributed by atoms with Crippen LogP contribution in [0.4, 0.5) is 0 Å². The summed E-state index contributed by atoms with van der Waals surface area (Å²) in [6.45, 7) is 10.4. The summed E-state index contributed by atoms with van der Waals surface area (Å²) in [5.41, 5.74) is 2.52. The van der Waals surface area contributed by atoms with Crippen molar-refractivity contribution in [1.29, 1.82) is 0 Å². The lowest BCUT2D eigenvalue weighted by atomic mass is 9.96. The minimum Gasteiger partial charge on any atom is -0.360 e. The Labute approximate surface area is 151 Å². The van der Waals surface area contributed by atoms with E-state index in [1.165, 1.54) is 37.7 Å². The highest BCUT2D eigenvalue weighted by molar-refractivity contribution is 7.80. The number of thiocarbonyl (C=S) groups is 1. The SMILES string of the molecule is CCn1cc(CN2CCN(C(=S)NC3CCCCC3)CC2)c(C)n1. The van der Waals surface area contributed by atoms with Gasteiger partial charge < -0.3 is 10.2 Å². The number of piperazine rings is 1. The quantitative estimate of drug-likeness (QED) is 0.846. The third kappa shape index (κ3) is 4.48. The molecule has 0 atom stereocenters. The zero-order chi connectivity index (χ0) is 16.9. The highest BCUT2D eigenvalue weighted by Crippen LogP contribution is 2.18. The Bertz CT molecular complexity index is 542. The van der Waals surface area contributed by atoms with Crippen molar-refractivity contribution in [3.8, 4) is 0 Å². The number of aryl methyl sites for hydroxylation is 2. The Balaban J connectivity index is 1.44. The van der Waals surface area contributed by atoms with E-state index < -0.39 is 0 Å². The molecule has 3 rings (SSSR count). The zero-order valence-electron chi connectivity index (χ0n) is 15.1. The third-order valence-electron chi connectivity index (χ3n) is 5.36. The molecule has 1 saturated carbocycles. The summed E-state index contributed by atoms with van der Waals surface area (Å²) in [5.74, 6) is 0. The average Bonchev–Trinajstić information content (AvgIpc) is 2.96. The second kappa shape index (κ2) is 8.30. The molecule has 0 amide bonds. The van der Waals surface area contributed by atoms with Crippen LogP contribution in [0.3, 0.4) is 0 Å². The minimum atomic E-state index is 0.604. The van der Waals surface area contributed by atoms with Crippen LogP contribution < -0.4 is 5.32 Å². The van der Waals surface area contributed by atoms with E-state index in [9.17, 15) is 0 Å². The fourth-order valence-corrected chi connectivity index (χ4v) is 4.09. The van der Waals surface area contributed by atoms with E-state index in [2.05, 4.69) is 40.3 Å². The molecule has 1 aliphatic carbocycles. The number of rotatable bonds is 4. The highest BCUT2D eigenvalue weighted by Gasteiger charge is 2.22. The maximum Gasteiger partial charge on any atom is 0.169 e. The van der Waals surface area contributed by atoms with Crippen LogP contribution in [0.1, 0.15) is 50.3 Å². The Kier molecular flexibility index (Phi) is 6.11. The van der Waals surface area contributed by atoms with Crippen LogP contribution >= 0.6 is 12.2 Å². The standard InChI is InChI=1S/C18H31N5S/c1-3-23-14-16(15(2)20-23)13-21-9-11-22(12-10-21)18(24)19-17-7-5-4-6-8-17/h14,17H,3-13H2,1-2H3,(H,19,24). The Morgan fingerprint density at radius 1 is 1.21 bits per heavy atom. The molecule has 1 saturated heterocycles. The first-order valence-electron chi connectivity index (χ1n) is 9.46. The lowest BCUT2D eigenvalue weighted by Gasteiger charge is -2.37. The van der Waals surface area contributed by atoms with Crippen LogP contribution in [0.2, 0.25) is 0 Å². The van der Waals surface area contributed by atoms with Gasteiger partial charge in [-0.1, -0.05) is 19.3 Å². The van der Waals surface area contributed by atoms with Crippen LogP contribution in [0.15, 0.2) is 6.20 Å². The van der Waals surface area contributed by atoms with Crippen molar-refractivity contribution in [1.82, 2.24) is 24.9 Å². The molecule has 1 N–H and O–H groups in total. The van der Waals surface area contributed by atoms with Crippen molar-refractivity contribution in [2.24, 2.45) is 0 Å². The minimum absolute atomic E-state index is 0.604. The number of nitrogens with one attached hydrogen (secondary N) is 1. The van der Waals surface area contributed by atoms with Gasteiger partial charge in [0.2, 0.25) is 0 Å². The largest absolute Gasteiger partial charge is 0.360 e. The molecule has 2 fully saturated rings. The molecule has 0 bridgehead atoms. The van der Waals surface area contributed by atoms with Gasteiger partial charge >= 0.3 is 0 Å². The molecule has 134 valence electrons. The molecule has 6 heteroatoms. The molecule has 0 spiro atoms. The Morgan fingerprint density at radius 2 is 1.92 bits per heavy atom. The number of hydrogen-bond donors (Lipinski definition) is 1. The smallest absolute Gasteiger partial charge is 0.169 e. The summed E-state index contributed by atoms with van der Waals surface area (Å²) in [6, 6.07) is 0.604. The molecular formula is C18H31N5S. The molecule has 2 aliphatic rings. The molecule has 24 heavy (non-hydrogen) atoms. The summed E-state index contributed by atoms with van der Waals surface area (Å²) in [4.78, 5) is 4.87. The van der Waals surface area contributed by atoms with E-state index >= 15 is 0 Å². The van der Waals surface area contributed by atoms with Gasteiger partial charge in [-0.2, -0.15) is 5.10 Å². The van der Waals surface area contributed by atoms with Crippen molar-refractivity contribution in [2.45, 2.75) is 65.1 Å². The van der Waals surface area contributed by atoms with Crippen LogP contribution in [0.25, 0.3) is 0 Å². The van der Waals surface area contributed by atoms with Gasteiger partial charge in [0.25, 0.3) is 0 Å². The van der Waals surface area contributed by atoms with Gasteiger partial charge in [0, 0.05) is 57.1 Å². The summed E-state index contributed by atoms with van der Waals surface area (Å²) in [7, 11) is 0. The van der Waals surface area contributed by atoms with Gasteiger partial charge in [0.05, 0.1) is 5.69 Å². The van der Waals surface area contributed by atoms with Crippen LogP contribution in [-0.4, -0.2) is 56.9 Å². The van der Waals surface area contributed by atoms with E-state index in [4.69, 9.17) is 12.2 Å². The second-order valence-electron chi connectivity index (χ2n) is 7.14. The van der Waals surface area contributed by atoms with Crippen molar-refractivity contribution < 1.29 is 0 Å². The van der Waals surface area contributed by atoms with E-state index in [0.717, 1.165) is 50.1 Å². The molecule has 1 aromatic heterocycles. The second-order valence-corrected chi connectivity index (χ2v) is 7.53. The lowest BCUT2D eigenvalue weighted by Crippen LogP contribution is -2.53. The first kappa shape index (κ1) is 17.7. The van der Waals surface area contributed by atoms with Crippen LogP contribution in [-0.2, 0) is 13.1 Å². The summed E-state index contributed by atoms with van der Waals surface area (Å²) < 4.78 is 2.03. The highest BCUT2D eigenvalue weighted by atomic mass is 32.1. The normalized spacial score (nSPS) is 20.3. The predicted molar refractivity (Wildman–Crippen MR) is 102 cm³/mol. The van der Waals surface area contributed by atoms with E-state index in [0.29, 0.717) is 6.04 Å². The zero-order valence-corrected chi connectivity index (χ0v) is 15.9. The maximum atomic E-state index is 5.65. The van der Waals surface area contributed by atoms with E-state index in [1.54, 1.807) is 0 Å². The topological polar surface area (TPSA) is 36.3 Å². The van der Waals surface area contributed by atoms with Crippen LogP contribution in [0, 0.1) is 6.92 Å². The van der Waals surface area contributed by atoms with Crippen molar-refractivity contribution in [3.05, 3.63) is 17.5 Å². The molecule has 0 unspecified atom stereocenters. The van der Waals surface area contributed by atoms with Crippen molar-refractivity contribution in [3.63, 3.8) is 0 Å². The molecule has 2 heterocycles. The molecule has 1 aliphatic heterocycles. The van der Waals surface area contributed by atoms with Gasteiger partial charge in [0.15, 0.2) is 5.11 Å². The fourth-order valence-electron chi connectivity index (χ4n) is 3.74. The summed E-state index contributed by atoms with van der Waals surface area (Å²) in [5, 5.41) is 9.12. The van der Waals surface area contributed by atoms with Gasteiger partial charge in [-0.15, -0.1) is 0 Å². The molecule has 5 nitrogen and oxygen atoms in total. The van der Waals surface area contributed by atoms with Gasteiger partial charge in [0.1, 0.15) is 0 Å². The van der Waals surface area contributed by atoms with Gasteiger partial charge in [-0.3, -0.25) is 9.58 Å². The van der Waals surface area contributed by atoms with Crippen molar-refractivity contribution in [2.75, 3.05) is 26.2 Å². The monoisotopic (exact) mass is 349 g/mol. The maximum absolute atomic E-state index is 5.65. The Hall–Kier alpha value is -1.14. The first-order valence-corrected chi connectivity index (χ1v) is 9.87. The van der Waals surface area contributed by atoms with E-state index in [-0.39, 0.29) is 0 Å². The van der Waals surface area contributed by atoms with Crippen molar-refractivity contribution >= 4 is 17.3 Å². The molecule has 1 aromatic rings. The Morgan fingerprint density at radius 3 is 2.54 bits per heavy atom. The molecule has 0 aromatic carbocycles. The third-order valence-corrected chi connectivity index (χ3v) is 5.73. The van der Waals surface area contributed by atoms with Crippen LogP contribution in [0.5, 0.6) is 0 Å². The average molecular weight is 350 g/mol. The first-order chi connectivity index (χ1) is 11.7. The molecule has 0 radical (unpaired) electrons. The molecular weight excluding hydrogens is 318 g/mol. The number of nitrogens with zero attached hydrogens (tertiary/aromatic N) is 4. The summed E-state index contributed by atoms with van der Waals surface area (Å²) in [6.07, 6.45) is 8.83. The predicted octanol–water partition coefficient (Wildman–Crippen LogP) is 2.54. The summed E-state index contributed by atoms with van der Waals surface area (Å²) >= 11 is 5.65. The number of hydrogen-bond acceptors (Lipinski definition) is 3. The van der Waals surface area contributed by atoms with E-state index in [1.807, 2.05) is 4.68 Å². The van der Waals surface area contributed by atoms with Gasteiger partial charge in [-0.05, 0) is 38.9 Å².